The third-order valence-electron chi connectivity index (χ3n) is 4.33. The van der Waals surface area contributed by atoms with Crippen LogP contribution in [0.3, 0.4) is 0 Å². The van der Waals surface area contributed by atoms with Gasteiger partial charge in [0.15, 0.2) is 5.79 Å². The van der Waals surface area contributed by atoms with E-state index >= 15 is 0 Å². The molecule has 0 unspecified atom stereocenters. The van der Waals surface area contributed by atoms with Gasteiger partial charge in [0.05, 0.1) is 18.6 Å². The Kier molecular flexibility index (Phi) is 8.81. The minimum atomic E-state index is -0.953. The van der Waals surface area contributed by atoms with E-state index < -0.39 is 36.2 Å². The molecule has 1 saturated heterocycles. The molecule has 0 radical (unpaired) electrons. The molecule has 0 aliphatic carbocycles. The van der Waals surface area contributed by atoms with Crippen molar-refractivity contribution in [2.75, 3.05) is 27.8 Å². The Morgan fingerprint density at radius 3 is 2.36 bits per heavy atom. The van der Waals surface area contributed by atoms with E-state index in [1.807, 2.05) is 44.2 Å². The molecule has 8 nitrogen and oxygen atoms in total. The molecule has 28 heavy (non-hydrogen) atoms. The summed E-state index contributed by atoms with van der Waals surface area (Å²) in [6, 6.07) is 9.66. The second-order valence-corrected chi connectivity index (χ2v) is 7.07. The van der Waals surface area contributed by atoms with Gasteiger partial charge in [-0.2, -0.15) is 0 Å². The summed E-state index contributed by atoms with van der Waals surface area (Å²) in [7, 11) is 3.04. The van der Waals surface area contributed by atoms with Gasteiger partial charge in [-0.05, 0) is 19.4 Å². The number of carboxylic acids is 1. The van der Waals surface area contributed by atoms with Gasteiger partial charge in [-0.25, -0.2) is 0 Å². The standard InChI is InChI=1S/C20H30O8/c1-20(2)27-16(10-15(11-17(21)22)25-12-23-3)19(28-20)18(26-13-24-4)14-8-6-5-7-9-14/h5-9,15-16,18-19H,10-13H2,1-4H3,(H,21,22)/t15-,16+,18+,19-/m0/s1. The van der Waals surface area contributed by atoms with Crippen molar-refractivity contribution >= 4 is 5.97 Å². The van der Waals surface area contributed by atoms with Crippen LogP contribution in [-0.4, -0.2) is 63.0 Å². The van der Waals surface area contributed by atoms with Crippen molar-refractivity contribution in [2.24, 2.45) is 0 Å². The van der Waals surface area contributed by atoms with Crippen molar-refractivity contribution in [1.82, 2.24) is 0 Å². The summed E-state index contributed by atoms with van der Waals surface area (Å²) >= 11 is 0. The predicted octanol–water partition coefficient (Wildman–Crippen LogP) is 2.72. The zero-order valence-electron chi connectivity index (χ0n) is 16.8. The fourth-order valence-electron chi connectivity index (χ4n) is 3.30. The lowest BCUT2D eigenvalue weighted by atomic mass is 9.96. The molecule has 0 aromatic heterocycles. The Morgan fingerprint density at radius 2 is 1.75 bits per heavy atom. The fraction of sp³-hybridized carbons (Fsp3) is 0.650. The summed E-state index contributed by atoms with van der Waals surface area (Å²) in [6.45, 7) is 3.73. The monoisotopic (exact) mass is 398 g/mol. The third-order valence-corrected chi connectivity index (χ3v) is 4.33. The number of carbonyl (C=O) groups is 1. The molecule has 1 N–H and O–H groups in total. The second-order valence-electron chi connectivity index (χ2n) is 7.07. The number of ether oxygens (including phenoxy) is 6. The number of benzene rings is 1. The first-order valence-corrected chi connectivity index (χ1v) is 9.19. The zero-order valence-corrected chi connectivity index (χ0v) is 16.8. The van der Waals surface area contributed by atoms with Crippen molar-refractivity contribution in [3.8, 4) is 0 Å². The second kappa shape index (κ2) is 10.8. The Morgan fingerprint density at radius 1 is 1.11 bits per heavy atom. The highest BCUT2D eigenvalue weighted by molar-refractivity contribution is 5.67. The van der Waals surface area contributed by atoms with Crippen molar-refractivity contribution in [3.63, 3.8) is 0 Å². The number of rotatable bonds is 12. The van der Waals surface area contributed by atoms with Crippen molar-refractivity contribution in [3.05, 3.63) is 35.9 Å². The number of carboxylic acid groups (broad SMARTS) is 1. The number of methoxy groups -OCH3 is 2. The van der Waals surface area contributed by atoms with Gasteiger partial charge >= 0.3 is 5.97 Å². The lowest BCUT2D eigenvalue weighted by molar-refractivity contribution is -0.171. The molecule has 1 heterocycles. The van der Waals surface area contributed by atoms with Crippen LogP contribution in [0.25, 0.3) is 0 Å². The van der Waals surface area contributed by atoms with Crippen LogP contribution >= 0.6 is 0 Å². The van der Waals surface area contributed by atoms with Crippen LogP contribution in [0.1, 0.15) is 38.4 Å². The summed E-state index contributed by atoms with van der Waals surface area (Å²) in [5.74, 6) is -1.79. The van der Waals surface area contributed by atoms with Crippen molar-refractivity contribution in [1.29, 1.82) is 0 Å². The number of hydrogen-bond acceptors (Lipinski definition) is 7. The van der Waals surface area contributed by atoms with Crippen molar-refractivity contribution in [2.45, 2.75) is 56.9 Å². The molecule has 8 heteroatoms. The fourth-order valence-corrected chi connectivity index (χ4v) is 3.30. The Bertz CT molecular complexity index is 591. The van der Waals surface area contributed by atoms with E-state index in [0.29, 0.717) is 6.42 Å². The van der Waals surface area contributed by atoms with Crippen LogP contribution in [0, 0.1) is 0 Å². The maximum Gasteiger partial charge on any atom is 0.305 e. The van der Waals surface area contributed by atoms with Crippen molar-refractivity contribution < 1.29 is 38.3 Å². The van der Waals surface area contributed by atoms with Crippen LogP contribution in [0.15, 0.2) is 30.3 Å². The average molecular weight is 398 g/mol. The molecule has 4 atom stereocenters. The van der Waals surface area contributed by atoms with Gasteiger partial charge < -0.3 is 33.5 Å². The lowest BCUT2D eigenvalue weighted by Crippen LogP contribution is -2.35. The van der Waals surface area contributed by atoms with Crippen LogP contribution in [0.2, 0.25) is 0 Å². The van der Waals surface area contributed by atoms with Gasteiger partial charge in [0, 0.05) is 20.6 Å². The minimum absolute atomic E-state index is 0.00186. The topological polar surface area (TPSA) is 92.7 Å². The van der Waals surface area contributed by atoms with E-state index in [9.17, 15) is 9.90 Å². The molecule has 158 valence electrons. The molecule has 0 amide bonds. The predicted molar refractivity (Wildman–Crippen MR) is 99.6 cm³/mol. The molecule has 1 fully saturated rings. The molecule has 0 saturated carbocycles. The highest BCUT2D eigenvalue weighted by atomic mass is 16.8. The first kappa shape index (κ1) is 22.7. The Hall–Kier alpha value is -1.55. The van der Waals surface area contributed by atoms with E-state index in [1.54, 1.807) is 7.11 Å². The maximum absolute atomic E-state index is 11.2. The first-order chi connectivity index (χ1) is 13.4. The summed E-state index contributed by atoms with van der Waals surface area (Å²) < 4.78 is 33.7. The Balaban J connectivity index is 2.22. The highest BCUT2D eigenvalue weighted by Gasteiger charge is 2.47. The summed E-state index contributed by atoms with van der Waals surface area (Å²) in [6.07, 6.45) is -1.76. The molecule has 1 aliphatic heterocycles. The van der Waals surface area contributed by atoms with Crippen LogP contribution in [0.4, 0.5) is 0 Å². The van der Waals surface area contributed by atoms with Gasteiger partial charge in [-0.3, -0.25) is 4.79 Å². The first-order valence-electron chi connectivity index (χ1n) is 9.19. The summed E-state index contributed by atoms with van der Waals surface area (Å²) in [5, 5.41) is 9.19. The molecule has 0 bridgehead atoms. The molecule has 1 aliphatic rings. The number of hydrogen-bond donors (Lipinski definition) is 1. The quantitative estimate of drug-likeness (QED) is 0.537. The summed E-state index contributed by atoms with van der Waals surface area (Å²) in [4.78, 5) is 11.2. The van der Waals surface area contributed by atoms with E-state index in [0.717, 1.165) is 5.56 Å². The van der Waals surface area contributed by atoms with E-state index in [2.05, 4.69) is 0 Å². The normalized spacial score (nSPS) is 23.4. The van der Waals surface area contributed by atoms with Gasteiger partial charge in [0.1, 0.15) is 25.8 Å². The summed E-state index contributed by atoms with van der Waals surface area (Å²) in [5.41, 5.74) is 0.920. The molecule has 2 rings (SSSR count). The SMILES string of the molecule is COCO[C@H](CC(=O)O)C[C@H]1OC(C)(C)O[C@@H]1[C@H](OCOC)c1ccccc1. The van der Waals surface area contributed by atoms with Crippen LogP contribution in [0.5, 0.6) is 0 Å². The lowest BCUT2D eigenvalue weighted by Gasteiger charge is -2.28. The van der Waals surface area contributed by atoms with Gasteiger partial charge in [-0.1, -0.05) is 30.3 Å². The van der Waals surface area contributed by atoms with Crippen LogP contribution in [-0.2, 0) is 33.2 Å². The largest absolute Gasteiger partial charge is 0.481 e. The highest BCUT2D eigenvalue weighted by Crippen LogP contribution is 2.39. The van der Waals surface area contributed by atoms with Gasteiger partial charge in [0.25, 0.3) is 0 Å². The Labute approximate surface area is 165 Å². The number of aliphatic carboxylic acids is 1. The van der Waals surface area contributed by atoms with E-state index in [1.165, 1.54) is 7.11 Å². The molecular weight excluding hydrogens is 368 g/mol. The average Bonchev–Trinajstić information content (AvgIpc) is 2.94. The molecule has 1 aromatic carbocycles. The van der Waals surface area contributed by atoms with E-state index in [4.69, 9.17) is 28.4 Å². The minimum Gasteiger partial charge on any atom is -0.481 e. The molecule has 0 spiro atoms. The molecule has 1 aromatic rings. The van der Waals surface area contributed by atoms with Gasteiger partial charge in [-0.15, -0.1) is 0 Å². The maximum atomic E-state index is 11.2. The third kappa shape index (κ3) is 6.80. The van der Waals surface area contributed by atoms with Gasteiger partial charge in [0.2, 0.25) is 0 Å². The molecular formula is C20H30O8. The van der Waals surface area contributed by atoms with Crippen LogP contribution < -0.4 is 0 Å². The van der Waals surface area contributed by atoms with E-state index in [-0.39, 0.29) is 20.0 Å². The zero-order chi connectivity index (χ0) is 20.6. The smallest absolute Gasteiger partial charge is 0.305 e.